The molecule has 1 aliphatic heterocycles. The zero-order valence-electron chi connectivity index (χ0n) is 13.0. The van der Waals surface area contributed by atoms with Crippen molar-refractivity contribution in [2.24, 2.45) is 0 Å². The van der Waals surface area contributed by atoms with Crippen LogP contribution < -0.4 is 5.32 Å². The normalized spacial score (nSPS) is 17.1. The number of piperidine rings is 1. The Morgan fingerprint density at radius 3 is 2.57 bits per heavy atom. The van der Waals surface area contributed by atoms with Crippen molar-refractivity contribution in [1.82, 2.24) is 10.2 Å². The Hall–Kier alpha value is -1.39. The molecule has 116 valence electrons. The number of nitrogens with zero attached hydrogens (tertiary/aromatic N) is 1. The minimum absolute atomic E-state index is 0.0391. The second kappa shape index (κ2) is 8.15. The molecule has 4 nitrogen and oxygen atoms in total. The molecule has 0 atom stereocenters. The topological polar surface area (TPSA) is 41.6 Å². The van der Waals surface area contributed by atoms with Crippen molar-refractivity contribution in [3.8, 4) is 0 Å². The summed E-state index contributed by atoms with van der Waals surface area (Å²) in [7, 11) is 0. The van der Waals surface area contributed by atoms with Crippen LogP contribution in [0.2, 0.25) is 0 Å². The predicted molar refractivity (Wildman–Crippen MR) is 84.5 cm³/mol. The second-order valence-electron chi connectivity index (χ2n) is 5.87. The van der Waals surface area contributed by atoms with Crippen molar-refractivity contribution in [2.45, 2.75) is 38.8 Å². The van der Waals surface area contributed by atoms with Crippen molar-refractivity contribution in [3.63, 3.8) is 0 Å². The first kappa shape index (κ1) is 16.0. The first-order valence-electron chi connectivity index (χ1n) is 7.85. The molecule has 4 heteroatoms. The smallest absolute Gasteiger partial charge is 0.251 e. The van der Waals surface area contributed by atoms with Gasteiger partial charge in [0.25, 0.3) is 5.91 Å². The lowest BCUT2D eigenvalue weighted by molar-refractivity contribution is 0.0520. The van der Waals surface area contributed by atoms with E-state index in [0.29, 0.717) is 12.1 Å². The lowest BCUT2D eigenvalue weighted by Crippen LogP contribution is -2.45. The van der Waals surface area contributed by atoms with E-state index in [0.717, 1.165) is 44.6 Å². The molecule has 1 amide bonds. The molecule has 0 unspecified atom stereocenters. The summed E-state index contributed by atoms with van der Waals surface area (Å²) >= 11 is 0. The fourth-order valence-electron chi connectivity index (χ4n) is 2.58. The van der Waals surface area contributed by atoms with Crippen LogP contribution in [0.4, 0.5) is 0 Å². The highest BCUT2D eigenvalue weighted by atomic mass is 16.5. The molecule has 2 rings (SSSR count). The van der Waals surface area contributed by atoms with E-state index in [1.807, 2.05) is 30.3 Å². The maximum atomic E-state index is 12.1. The lowest BCUT2D eigenvalue weighted by atomic mass is 10.0. The number of amides is 1. The average molecular weight is 290 g/mol. The minimum atomic E-state index is 0.0391. The molecule has 1 aromatic carbocycles. The third-order valence-electron chi connectivity index (χ3n) is 3.82. The van der Waals surface area contributed by atoms with E-state index >= 15 is 0 Å². The molecule has 1 N–H and O–H groups in total. The molecule has 21 heavy (non-hydrogen) atoms. The van der Waals surface area contributed by atoms with E-state index < -0.39 is 0 Å². The lowest BCUT2D eigenvalue weighted by Gasteiger charge is -2.32. The Bertz CT molecular complexity index is 426. The van der Waals surface area contributed by atoms with Gasteiger partial charge >= 0.3 is 0 Å². The molecule has 0 spiro atoms. The van der Waals surface area contributed by atoms with Crippen molar-refractivity contribution >= 4 is 5.91 Å². The zero-order valence-corrected chi connectivity index (χ0v) is 13.0. The van der Waals surface area contributed by atoms with Crippen molar-refractivity contribution in [3.05, 3.63) is 35.9 Å². The molecular formula is C17H26N2O2. The van der Waals surface area contributed by atoms with Gasteiger partial charge in [-0.15, -0.1) is 0 Å². The molecule has 0 radical (unpaired) electrons. The fourth-order valence-corrected chi connectivity index (χ4v) is 2.58. The number of nitrogens with one attached hydrogen (secondary N) is 1. The molecule has 1 saturated heterocycles. The van der Waals surface area contributed by atoms with E-state index in [-0.39, 0.29) is 5.91 Å². The summed E-state index contributed by atoms with van der Waals surface area (Å²) < 4.78 is 5.58. The Labute approximate surface area is 127 Å². The van der Waals surface area contributed by atoms with Crippen LogP contribution in [0.1, 0.15) is 37.0 Å². The van der Waals surface area contributed by atoms with Gasteiger partial charge in [-0.2, -0.15) is 0 Å². The minimum Gasteiger partial charge on any atom is -0.377 e. The molecule has 1 aromatic rings. The molecule has 0 aromatic heterocycles. The highest BCUT2D eigenvalue weighted by Gasteiger charge is 2.20. The van der Waals surface area contributed by atoms with Gasteiger partial charge in [-0.25, -0.2) is 0 Å². The summed E-state index contributed by atoms with van der Waals surface area (Å²) in [5.74, 6) is 0.0391. The van der Waals surface area contributed by atoms with Crippen LogP contribution in [-0.2, 0) is 4.74 Å². The van der Waals surface area contributed by atoms with Crippen LogP contribution in [-0.4, -0.2) is 49.2 Å². The first-order valence-corrected chi connectivity index (χ1v) is 7.85. The van der Waals surface area contributed by atoms with Gasteiger partial charge in [-0.1, -0.05) is 18.2 Å². The first-order chi connectivity index (χ1) is 10.1. The summed E-state index contributed by atoms with van der Waals surface area (Å²) in [5.41, 5.74) is 0.741. The third kappa shape index (κ3) is 5.48. The van der Waals surface area contributed by atoms with Crippen LogP contribution in [0.5, 0.6) is 0 Å². The number of ether oxygens (including phenoxy) is 1. The van der Waals surface area contributed by atoms with E-state index in [1.54, 1.807) is 0 Å². The Morgan fingerprint density at radius 1 is 1.29 bits per heavy atom. The van der Waals surface area contributed by atoms with Gasteiger partial charge in [-0.3, -0.25) is 4.79 Å². The number of likely N-dealkylation sites (tertiary alicyclic amines) is 1. The van der Waals surface area contributed by atoms with E-state index in [1.165, 1.54) is 0 Å². The van der Waals surface area contributed by atoms with Crippen LogP contribution in [0.3, 0.4) is 0 Å². The molecule has 1 heterocycles. The maximum absolute atomic E-state index is 12.1. The number of hydrogen-bond donors (Lipinski definition) is 1. The summed E-state index contributed by atoms with van der Waals surface area (Å²) in [6.45, 7) is 7.95. The standard InChI is InChI=1S/C17H26N2O2/c1-14(2)21-13-12-19-10-8-16(9-11-19)18-17(20)15-6-4-3-5-7-15/h3-7,14,16H,8-13H2,1-2H3,(H,18,20). The van der Waals surface area contributed by atoms with E-state index in [4.69, 9.17) is 4.74 Å². The average Bonchev–Trinajstić information content (AvgIpc) is 2.49. The summed E-state index contributed by atoms with van der Waals surface area (Å²) in [4.78, 5) is 14.5. The SMILES string of the molecule is CC(C)OCCN1CCC(NC(=O)c2ccccc2)CC1. The van der Waals surface area contributed by atoms with E-state index in [2.05, 4.69) is 24.1 Å². The highest BCUT2D eigenvalue weighted by Crippen LogP contribution is 2.11. The molecule has 1 fully saturated rings. The molecular weight excluding hydrogens is 264 g/mol. The number of rotatable bonds is 6. The second-order valence-corrected chi connectivity index (χ2v) is 5.87. The van der Waals surface area contributed by atoms with Crippen molar-refractivity contribution < 1.29 is 9.53 Å². The monoisotopic (exact) mass is 290 g/mol. The quantitative estimate of drug-likeness (QED) is 0.874. The Morgan fingerprint density at radius 2 is 1.95 bits per heavy atom. The largest absolute Gasteiger partial charge is 0.377 e. The fraction of sp³-hybridized carbons (Fsp3) is 0.588. The van der Waals surface area contributed by atoms with Crippen LogP contribution in [0.15, 0.2) is 30.3 Å². The number of hydrogen-bond acceptors (Lipinski definition) is 3. The molecule has 0 aliphatic carbocycles. The van der Waals surface area contributed by atoms with E-state index in [9.17, 15) is 4.79 Å². The predicted octanol–water partition coefficient (Wildman–Crippen LogP) is 2.31. The molecule has 1 aliphatic rings. The van der Waals surface area contributed by atoms with Crippen molar-refractivity contribution in [2.75, 3.05) is 26.2 Å². The van der Waals surface area contributed by atoms with Crippen LogP contribution >= 0.6 is 0 Å². The summed E-state index contributed by atoms with van der Waals surface area (Å²) in [6.07, 6.45) is 2.33. The summed E-state index contributed by atoms with van der Waals surface area (Å²) in [6, 6.07) is 9.72. The van der Waals surface area contributed by atoms with Gasteiger partial charge in [-0.05, 0) is 38.8 Å². The molecule has 0 bridgehead atoms. The Kier molecular flexibility index (Phi) is 6.21. The Balaban J connectivity index is 1.68. The number of benzene rings is 1. The molecule has 0 saturated carbocycles. The van der Waals surface area contributed by atoms with Gasteiger partial charge < -0.3 is 15.0 Å². The van der Waals surface area contributed by atoms with Gasteiger partial charge in [0.15, 0.2) is 0 Å². The number of carbonyl (C=O) groups is 1. The number of carbonyl (C=O) groups excluding carboxylic acids is 1. The van der Waals surface area contributed by atoms with Gasteiger partial charge in [0.2, 0.25) is 0 Å². The third-order valence-corrected chi connectivity index (χ3v) is 3.82. The highest BCUT2D eigenvalue weighted by molar-refractivity contribution is 5.94. The van der Waals surface area contributed by atoms with Gasteiger partial charge in [0, 0.05) is 31.2 Å². The van der Waals surface area contributed by atoms with Crippen LogP contribution in [0.25, 0.3) is 0 Å². The van der Waals surface area contributed by atoms with Gasteiger partial charge in [0.05, 0.1) is 12.7 Å². The summed E-state index contributed by atoms with van der Waals surface area (Å²) in [5, 5.41) is 3.13. The zero-order chi connectivity index (χ0) is 15.1. The van der Waals surface area contributed by atoms with Crippen molar-refractivity contribution in [1.29, 1.82) is 0 Å². The maximum Gasteiger partial charge on any atom is 0.251 e. The van der Waals surface area contributed by atoms with Crippen LogP contribution in [0, 0.1) is 0 Å². The van der Waals surface area contributed by atoms with Gasteiger partial charge in [0.1, 0.15) is 0 Å².